The molecule has 1 aromatic carbocycles. The van der Waals surface area contributed by atoms with Gasteiger partial charge in [-0.25, -0.2) is 9.69 Å². The van der Waals surface area contributed by atoms with Crippen LogP contribution in [0, 0.1) is 0 Å². The Hall–Kier alpha value is -2.32. The minimum absolute atomic E-state index is 0.0220. The quantitative estimate of drug-likeness (QED) is 0.561. The molecule has 0 unspecified atom stereocenters. The maximum absolute atomic E-state index is 12.9. The van der Waals surface area contributed by atoms with Gasteiger partial charge in [-0.05, 0) is 51.0 Å². The van der Waals surface area contributed by atoms with Gasteiger partial charge in [-0.2, -0.15) is 0 Å². The summed E-state index contributed by atoms with van der Waals surface area (Å²) in [6, 6.07) is 6.59. The number of nitrogens with one attached hydrogen (secondary N) is 1. The Labute approximate surface area is 193 Å². The summed E-state index contributed by atoms with van der Waals surface area (Å²) in [5, 5.41) is 3.47. The van der Waals surface area contributed by atoms with Crippen LogP contribution in [-0.2, 0) is 14.0 Å². The molecule has 0 radical (unpaired) electrons. The number of para-hydroxylation sites is 2. The highest BCUT2D eigenvalue weighted by Crippen LogP contribution is 2.37. The predicted octanol–water partition coefficient (Wildman–Crippen LogP) is 5.20. The van der Waals surface area contributed by atoms with Gasteiger partial charge in [0.1, 0.15) is 11.4 Å². The van der Waals surface area contributed by atoms with Gasteiger partial charge >= 0.3 is 6.09 Å². The van der Waals surface area contributed by atoms with Crippen molar-refractivity contribution in [3.8, 4) is 5.75 Å². The Kier molecular flexibility index (Phi) is 7.83. The zero-order chi connectivity index (χ0) is 24.3. The highest BCUT2D eigenvalue weighted by molar-refractivity contribution is 6.74. The molecule has 1 aliphatic heterocycles. The number of amides is 2. The molecule has 2 amide bonds. The normalized spacial score (nSPS) is 18.0. The second kappa shape index (κ2) is 9.66. The Morgan fingerprint density at radius 3 is 2.34 bits per heavy atom. The monoisotopic (exact) mass is 462 g/mol. The Balaban J connectivity index is 2.36. The van der Waals surface area contributed by atoms with Crippen molar-refractivity contribution >= 4 is 26.0 Å². The van der Waals surface area contributed by atoms with Crippen LogP contribution in [0.15, 0.2) is 36.4 Å². The van der Waals surface area contributed by atoms with Crippen LogP contribution in [0.5, 0.6) is 5.75 Å². The first-order valence-corrected chi connectivity index (χ1v) is 13.8. The van der Waals surface area contributed by atoms with Crippen LogP contribution >= 0.6 is 0 Å². The SMILES string of the molecule is COc1ccccc1N[C@H](CO[Si](C)(C)C(C)(C)C)[C@@H]1C=CC(=O)N1C(=O)OC(C)(C)C. The molecule has 2 rings (SSSR count). The number of nitrogens with zero attached hydrogens (tertiary/aromatic N) is 1. The first kappa shape index (κ1) is 25.9. The molecular formula is C24H38N2O5Si. The Bertz CT molecular complexity index is 855. The topological polar surface area (TPSA) is 77.1 Å². The first-order chi connectivity index (χ1) is 14.7. The number of ether oxygens (including phenoxy) is 2. The van der Waals surface area contributed by atoms with Gasteiger partial charge in [0.15, 0.2) is 8.32 Å². The molecule has 0 spiro atoms. The average molecular weight is 463 g/mol. The van der Waals surface area contributed by atoms with Crippen molar-refractivity contribution in [2.45, 2.75) is 77.4 Å². The molecule has 32 heavy (non-hydrogen) atoms. The molecule has 0 fully saturated rings. The second-order valence-corrected chi connectivity index (χ2v) is 15.4. The van der Waals surface area contributed by atoms with Gasteiger partial charge in [0.25, 0.3) is 5.91 Å². The van der Waals surface area contributed by atoms with Crippen molar-refractivity contribution in [3.05, 3.63) is 36.4 Å². The molecule has 1 aromatic rings. The first-order valence-electron chi connectivity index (χ1n) is 10.9. The molecule has 0 aliphatic carbocycles. The van der Waals surface area contributed by atoms with Crippen molar-refractivity contribution in [3.63, 3.8) is 0 Å². The zero-order valence-corrected chi connectivity index (χ0v) is 21.8. The van der Waals surface area contributed by atoms with E-state index in [0.29, 0.717) is 12.4 Å². The minimum Gasteiger partial charge on any atom is -0.495 e. The third kappa shape index (κ3) is 6.35. The smallest absolute Gasteiger partial charge is 0.417 e. The lowest BCUT2D eigenvalue weighted by Gasteiger charge is -2.39. The summed E-state index contributed by atoms with van der Waals surface area (Å²) in [5.74, 6) is 0.269. The number of rotatable bonds is 7. The summed E-state index contributed by atoms with van der Waals surface area (Å²) in [4.78, 5) is 26.6. The fraction of sp³-hybridized carbons (Fsp3) is 0.583. The van der Waals surface area contributed by atoms with Crippen molar-refractivity contribution in [2.75, 3.05) is 19.0 Å². The van der Waals surface area contributed by atoms with Crippen LogP contribution in [0.4, 0.5) is 10.5 Å². The molecule has 7 nitrogen and oxygen atoms in total. The predicted molar refractivity (Wildman–Crippen MR) is 130 cm³/mol. The molecule has 0 aromatic heterocycles. The Morgan fingerprint density at radius 2 is 1.78 bits per heavy atom. The number of anilines is 1. The zero-order valence-electron chi connectivity index (χ0n) is 20.8. The van der Waals surface area contributed by atoms with Gasteiger partial charge < -0.3 is 19.2 Å². The number of methoxy groups -OCH3 is 1. The van der Waals surface area contributed by atoms with Gasteiger partial charge in [-0.15, -0.1) is 0 Å². The molecule has 2 atom stereocenters. The lowest BCUT2D eigenvalue weighted by molar-refractivity contribution is -0.125. The van der Waals surface area contributed by atoms with Gasteiger partial charge in [0.05, 0.1) is 31.5 Å². The average Bonchev–Trinajstić information content (AvgIpc) is 3.04. The molecule has 1 heterocycles. The van der Waals surface area contributed by atoms with E-state index in [9.17, 15) is 9.59 Å². The third-order valence-electron chi connectivity index (χ3n) is 5.85. The van der Waals surface area contributed by atoms with Crippen molar-refractivity contribution in [1.29, 1.82) is 0 Å². The molecule has 8 heteroatoms. The lowest BCUT2D eigenvalue weighted by Crippen LogP contribution is -2.53. The Morgan fingerprint density at radius 1 is 1.16 bits per heavy atom. The molecule has 0 saturated heterocycles. The fourth-order valence-corrected chi connectivity index (χ4v) is 4.06. The van der Waals surface area contributed by atoms with Crippen LogP contribution in [0.25, 0.3) is 0 Å². The maximum atomic E-state index is 12.9. The van der Waals surface area contributed by atoms with Crippen LogP contribution in [-0.4, -0.2) is 56.6 Å². The van der Waals surface area contributed by atoms with Gasteiger partial charge in [-0.3, -0.25) is 4.79 Å². The molecule has 178 valence electrons. The van der Waals surface area contributed by atoms with E-state index >= 15 is 0 Å². The fourth-order valence-electron chi connectivity index (χ4n) is 3.03. The largest absolute Gasteiger partial charge is 0.495 e. The van der Waals surface area contributed by atoms with Crippen LogP contribution in [0.2, 0.25) is 18.1 Å². The van der Waals surface area contributed by atoms with E-state index in [4.69, 9.17) is 13.9 Å². The van der Waals surface area contributed by atoms with E-state index < -0.39 is 38.0 Å². The van der Waals surface area contributed by atoms with Gasteiger partial charge in [0, 0.05) is 6.08 Å². The molecule has 0 bridgehead atoms. The van der Waals surface area contributed by atoms with Crippen molar-refractivity contribution < 1.29 is 23.5 Å². The van der Waals surface area contributed by atoms with Crippen molar-refractivity contribution in [2.24, 2.45) is 0 Å². The third-order valence-corrected chi connectivity index (χ3v) is 10.4. The van der Waals surface area contributed by atoms with E-state index in [1.807, 2.05) is 24.3 Å². The summed E-state index contributed by atoms with van der Waals surface area (Å²) in [6.07, 6.45) is 2.48. The molecular weight excluding hydrogens is 424 g/mol. The molecule has 1 aliphatic rings. The standard InChI is InChI=1S/C24H38N2O5Si/c1-23(2,3)31-22(28)26-19(14-15-21(26)27)18(16-30-32(8,9)24(4,5)6)25-17-12-10-11-13-20(17)29-7/h10-15,18-19,25H,16H2,1-9H3/t18-,19+/m1/s1. The van der Waals surface area contributed by atoms with E-state index in [1.165, 1.54) is 6.08 Å². The summed E-state index contributed by atoms with van der Waals surface area (Å²) >= 11 is 0. The maximum Gasteiger partial charge on any atom is 0.417 e. The van der Waals surface area contributed by atoms with Crippen LogP contribution < -0.4 is 10.1 Å². The number of imide groups is 1. The summed E-state index contributed by atoms with van der Waals surface area (Å²) in [6.45, 7) is 16.5. The lowest BCUT2D eigenvalue weighted by atomic mass is 10.1. The van der Waals surface area contributed by atoms with Gasteiger partial charge in [-0.1, -0.05) is 39.0 Å². The summed E-state index contributed by atoms with van der Waals surface area (Å²) in [5.41, 5.74) is 0.0454. The highest BCUT2D eigenvalue weighted by atomic mass is 28.4. The number of benzene rings is 1. The molecule has 1 N–H and O–H groups in total. The highest BCUT2D eigenvalue weighted by Gasteiger charge is 2.42. The van der Waals surface area contributed by atoms with Gasteiger partial charge in [0.2, 0.25) is 0 Å². The minimum atomic E-state index is -2.08. The van der Waals surface area contributed by atoms with E-state index in [1.54, 1.807) is 34.0 Å². The molecule has 0 saturated carbocycles. The second-order valence-electron chi connectivity index (χ2n) is 10.6. The number of hydrogen-bond donors (Lipinski definition) is 1. The van der Waals surface area contributed by atoms with Crippen LogP contribution in [0.1, 0.15) is 41.5 Å². The van der Waals surface area contributed by atoms with E-state index in [0.717, 1.165) is 10.6 Å². The summed E-state index contributed by atoms with van der Waals surface area (Å²) < 4.78 is 17.5. The van der Waals surface area contributed by atoms with Crippen LogP contribution in [0.3, 0.4) is 0 Å². The van der Waals surface area contributed by atoms with Crippen molar-refractivity contribution in [1.82, 2.24) is 4.90 Å². The van der Waals surface area contributed by atoms with E-state index in [-0.39, 0.29) is 5.04 Å². The summed E-state index contributed by atoms with van der Waals surface area (Å²) in [7, 11) is -0.472. The number of hydrogen-bond acceptors (Lipinski definition) is 6. The number of carbonyl (C=O) groups excluding carboxylic acids is 2. The number of carbonyl (C=O) groups is 2. The van der Waals surface area contributed by atoms with E-state index in [2.05, 4.69) is 39.2 Å².